The van der Waals surface area contributed by atoms with Crippen molar-refractivity contribution in [2.24, 2.45) is 0 Å². The monoisotopic (exact) mass is 455 g/mol. The number of ether oxygens (including phenoxy) is 2. The van der Waals surface area contributed by atoms with Crippen molar-refractivity contribution in [1.29, 1.82) is 10.7 Å². The highest BCUT2D eigenvalue weighted by Crippen LogP contribution is 2.35. The van der Waals surface area contributed by atoms with Gasteiger partial charge < -0.3 is 20.1 Å². The lowest BCUT2D eigenvalue weighted by Gasteiger charge is -2.28. The van der Waals surface area contributed by atoms with Gasteiger partial charge in [0, 0.05) is 37.5 Å². The SMILES string of the molecule is N#Cc1ccc2c(c1)CCC[C@H]2Oc1ccc(N)c(C(=N)c2ccnc(N3CCOCC3)c2)c1.[HH]. The van der Waals surface area contributed by atoms with E-state index in [4.69, 9.17) is 20.6 Å². The van der Waals surface area contributed by atoms with Gasteiger partial charge in [-0.3, -0.25) is 5.41 Å². The van der Waals surface area contributed by atoms with E-state index < -0.39 is 0 Å². The van der Waals surface area contributed by atoms with Crippen molar-refractivity contribution in [3.05, 3.63) is 82.5 Å². The van der Waals surface area contributed by atoms with Gasteiger partial charge in [0.15, 0.2) is 0 Å². The van der Waals surface area contributed by atoms with Gasteiger partial charge in [-0.25, -0.2) is 4.98 Å². The fraction of sp³-hybridized carbons (Fsp3) is 0.296. The zero-order chi connectivity index (χ0) is 23.5. The predicted octanol–water partition coefficient (Wildman–Crippen LogP) is 4.49. The van der Waals surface area contributed by atoms with Gasteiger partial charge in [0.1, 0.15) is 17.7 Å². The maximum absolute atomic E-state index is 9.21. The number of aryl methyl sites for hydroxylation is 1. The van der Waals surface area contributed by atoms with Crippen LogP contribution in [0.25, 0.3) is 0 Å². The highest BCUT2D eigenvalue weighted by Gasteiger charge is 2.23. The quantitative estimate of drug-likeness (QED) is 0.433. The van der Waals surface area contributed by atoms with Crippen LogP contribution in [0.1, 0.15) is 48.2 Å². The first kappa shape index (κ1) is 21.9. The van der Waals surface area contributed by atoms with Crippen LogP contribution in [0.3, 0.4) is 0 Å². The lowest BCUT2D eigenvalue weighted by atomic mass is 9.88. The fourth-order valence-corrected chi connectivity index (χ4v) is 4.65. The van der Waals surface area contributed by atoms with E-state index in [2.05, 4.69) is 16.0 Å². The van der Waals surface area contributed by atoms with Crippen molar-refractivity contribution >= 4 is 17.2 Å². The molecule has 2 aromatic carbocycles. The summed E-state index contributed by atoms with van der Waals surface area (Å²) in [5, 5.41) is 18.1. The second-order valence-corrected chi connectivity index (χ2v) is 8.65. The van der Waals surface area contributed by atoms with Crippen LogP contribution in [0, 0.1) is 16.7 Å². The van der Waals surface area contributed by atoms with E-state index >= 15 is 0 Å². The Morgan fingerprint density at radius 3 is 2.85 bits per heavy atom. The topological polar surface area (TPSA) is 108 Å². The first-order chi connectivity index (χ1) is 16.6. The Balaban J connectivity index is 0.00000289. The van der Waals surface area contributed by atoms with E-state index in [0.717, 1.165) is 49.3 Å². The molecule has 174 valence electrons. The molecular formula is C27H29N5O2. The normalized spacial score (nSPS) is 17.5. The fourth-order valence-electron chi connectivity index (χ4n) is 4.65. The van der Waals surface area contributed by atoms with E-state index in [1.165, 1.54) is 5.56 Å². The predicted molar refractivity (Wildman–Crippen MR) is 134 cm³/mol. The van der Waals surface area contributed by atoms with Gasteiger partial charge >= 0.3 is 0 Å². The summed E-state index contributed by atoms with van der Waals surface area (Å²) in [6, 6.07) is 17.3. The zero-order valence-corrected chi connectivity index (χ0v) is 19.0. The Labute approximate surface area is 200 Å². The van der Waals surface area contributed by atoms with Crippen LogP contribution in [-0.4, -0.2) is 37.0 Å². The largest absolute Gasteiger partial charge is 0.486 e. The number of aromatic nitrogens is 1. The molecule has 5 rings (SSSR count). The second-order valence-electron chi connectivity index (χ2n) is 8.65. The average Bonchev–Trinajstić information content (AvgIpc) is 2.90. The molecule has 3 aromatic rings. The van der Waals surface area contributed by atoms with E-state index in [1.54, 1.807) is 12.3 Å². The summed E-state index contributed by atoms with van der Waals surface area (Å²) in [5.41, 5.74) is 11.5. The molecule has 7 nitrogen and oxygen atoms in total. The number of benzene rings is 2. The third kappa shape index (κ3) is 4.45. The van der Waals surface area contributed by atoms with Crippen molar-refractivity contribution in [1.82, 2.24) is 4.98 Å². The molecule has 2 aliphatic rings. The molecule has 2 heterocycles. The summed E-state index contributed by atoms with van der Waals surface area (Å²) in [7, 11) is 0. The standard InChI is InChI=1S/C27H27N5O2.H2/c28-17-18-4-6-22-19(14-18)2-1-3-25(22)34-21-5-7-24(29)23(16-21)27(30)20-8-9-31-26(15-20)32-10-12-33-13-11-32;/h4-9,14-16,25,30H,1-3,10-13,29H2;1H/t25-;/m1./s1. The summed E-state index contributed by atoms with van der Waals surface area (Å²) in [4.78, 5) is 6.66. The number of nitrogens with two attached hydrogens (primary N) is 1. The molecule has 0 spiro atoms. The molecule has 0 radical (unpaired) electrons. The number of hydrogen-bond acceptors (Lipinski definition) is 7. The minimum absolute atomic E-state index is 0. The number of rotatable bonds is 5. The van der Waals surface area contributed by atoms with Gasteiger partial charge in [0.05, 0.1) is 30.6 Å². The molecule has 34 heavy (non-hydrogen) atoms. The molecule has 0 bridgehead atoms. The minimum Gasteiger partial charge on any atom is -0.486 e. The number of anilines is 2. The van der Waals surface area contributed by atoms with Gasteiger partial charge in [-0.2, -0.15) is 5.26 Å². The molecule has 0 saturated carbocycles. The van der Waals surface area contributed by atoms with Crippen molar-refractivity contribution in [3.63, 3.8) is 0 Å². The maximum atomic E-state index is 9.21. The molecule has 1 aliphatic carbocycles. The minimum atomic E-state index is -0.0870. The van der Waals surface area contributed by atoms with Crippen LogP contribution in [0.4, 0.5) is 11.5 Å². The molecule has 1 fully saturated rings. The molecule has 1 saturated heterocycles. The van der Waals surface area contributed by atoms with Crippen LogP contribution in [0.2, 0.25) is 0 Å². The summed E-state index contributed by atoms with van der Waals surface area (Å²) in [6.45, 7) is 2.93. The summed E-state index contributed by atoms with van der Waals surface area (Å²) < 4.78 is 11.8. The number of nitrogen functional groups attached to an aromatic ring is 1. The molecule has 1 atom stereocenters. The third-order valence-corrected chi connectivity index (χ3v) is 6.47. The van der Waals surface area contributed by atoms with Gasteiger partial charge in [0.25, 0.3) is 0 Å². The van der Waals surface area contributed by atoms with E-state index in [0.29, 0.717) is 41.5 Å². The Morgan fingerprint density at radius 1 is 1.18 bits per heavy atom. The Morgan fingerprint density at radius 2 is 2.03 bits per heavy atom. The molecule has 0 amide bonds. The Hall–Kier alpha value is -3.89. The van der Waals surface area contributed by atoms with Crippen LogP contribution < -0.4 is 15.4 Å². The molecule has 3 N–H and O–H groups in total. The van der Waals surface area contributed by atoms with Gasteiger partial charge in [0.2, 0.25) is 0 Å². The van der Waals surface area contributed by atoms with Crippen LogP contribution in [-0.2, 0) is 11.2 Å². The number of nitrogens with zero attached hydrogens (tertiary/aromatic N) is 3. The van der Waals surface area contributed by atoms with Crippen LogP contribution >= 0.6 is 0 Å². The van der Waals surface area contributed by atoms with Crippen molar-refractivity contribution in [2.45, 2.75) is 25.4 Å². The second kappa shape index (κ2) is 9.54. The number of hydrogen-bond donors (Lipinski definition) is 2. The average molecular weight is 456 g/mol. The number of nitrogens with one attached hydrogen (secondary N) is 1. The van der Waals surface area contributed by atoms with Crippen molar-refractivity contribution in [2.75, 3.05) is 36.9 Å². The van der Waals surface area contributed by atoms with E-state index in [-0.39, 0.29) is 7.53 Å². The number of nitriles is 1. The van der Waals surface area contributed by atoms with Crippen LogP contribution in [0.5, 0.6) is 5.75 Å². The Kier molecular flexibility index (Phi) is 6.15. The van der Waals surface area contributed by atoms with Gasteiger partial charge in [-0.15, -0.1) is 0 Å². The van der Waals surface area contributed by atoms with Gasteiger partial charge in [-0.05, 0) is 72.9 Å². The molecule has 1 aromatic heterocycles. The molecular weight excluding hydrogens is 426 g/mol. The summed E-state index contributed by atoms with van der Waals surface area (Å²) in [5.74, 6) is 1.52. The third-order valence-electron chi connectivity index (χ3n) is 6.47. The van der Waals surface area contributed by atoms with Crippen molar-refractivity contribution < 1.29 is 10.9 Å². The van der Waals surface area contributed by atoms with Gasteiger partial charge in [-0.1, -0.05) is 6.07 Å². The number of pyridine rings is 1. The lowest BCUT2D eigenvalue weighted by Crippen LogP contribution is -2.36. The first-order valence-corrected chi connectivity index (χ1v) is 11.6. The number of fused-ring (bicyclic) bond motifs is 1. The van der Waals surface area contributed by atoms with Crippen molar-refractivity contribution in [3.8, 4) is 11.8 Å². The van der Waals surface area contributed by atoms with E-state index in [9.17, 15) is 5.26 Å². The number of morpholine rings is 1. The smallest absolute Gasteiger partial charge is 0.129 e. The Bertz CT molecular complexity index is 1270. The maximum Gasteiger partial charge on any atom is 0.129 e. The molecule has 7 heteroatoms. The summed E-state index contributed by atoms with van der Waals surface area (Å²) >= 11 is 0. The van der Waals surface area contributed by atoms with Crippen LogP contribution in [0.15, 0.2) is 54.7 Å². The highest BCUT2D eigenvalue weighted by molar-refractivity contribution is 6.14. The highest BCUT2D eigenvalue weighted by atomic mass is 16.5. The first-order valence-electron chi connectivity index (χ1n) is 11.6. The zero-order valence-electron chi connectivity index (χ0n) is 19.0. The van der Waals surface area contributed by atoms with E-state index in [1.807, 2.05) is 42.5 Å². The molecule has 0 unspecified atom stereocenters. The summed E-state index contributed by atoms with van der Waals surface area (Å²) in [6.07, 6.45) is 4.51. The lowest BCUT2D eigenvalue weighted by molar-refractivity contribution is 0.122. The molecule has 1 aliphatic heterocycles.